The second-order valence-corrected chi connectivity index (χ2v) is 8.11. The number of hydrogen-bond acceptors (Lipinski definition) is 4. The standard InChI is InChI=1S/C22H31NO4/c1-13-12-14(2)18(16(4)15(13)3)19-20(24)22(23-21(19)25)8-6-17(7-9-22)27-11-10-26-5/h12,17,19H,6-11H2,1-5H3,(H,23,25). The van der Waals surface area contributed by atoms with Gasteiger partial charge in [-0.2, -0.15) is 0 Å². The van der Waals surface area contributed by atoms with Gasteiger partial charge in [0.25, 0.3) is 0 Å². The summed E-state index contributed by atoms with van der Waals surface area (Å²) in [6, 6.07) is 2.09. The Hall–Kier alpha value is -1.72. The molecule has 1 aromatic carbocycles. The average Bonchev–Trinajstić information content (AvgIpc) is 2.86. The molecule has 1 saturated heterocycles. The largest absolute Gasteiger partial charge is 0.382 e. The molecule has 1 amide bonds. The van der Waals surface area contributed by atoms with E-state index in [1.54, 1.807) is 7.11 Å². The highest BCUT2D eigenvalue weighted by Crippen LogP contribution is 2.42. The maximum Gasteiger partial charge on any atom is 0.235 e. The van der Waals surface area contributed by atoms with Crippen molar-refractivity contribution in [3.8, 4) is 0 Å². The molecule has 1 atom stereocenters. The lowest BCUT2D eigenvalue weighted by Crippen LogP contribution is -2.50. The monoisotopic (exact) mass is 373 g/mol. The Labute approximate surface area is 161 Å². The van der Waals surface area contributed by atoms with E-state index in [2.05, 4.69) is 25.2 Å². The van der Waals surface area contributed by atoms with Gasteiger partial charge in [-0.25, -0.2) is 0 Å². The van der Waals surface area contributed by atoms with Crippen molar-refractivity contribution in [2.45, 2.75) is 70.9 Å². The van der Waals surface area contributed by atoms with Gasteiger partial charge in [0.05, 0.1) is 24.9 Å². The van der Waals surface area contributed by atoms with E-state index in [0.29, 0.717) is 26.1 Å². The van der Waals surface area contributed by atoms with Gasteiger partial charge in [0.15, 0.2) is 5.78 Å². The van der Waals surface area contributed by atoms with E-state index in [0.717, 1.165) is 35.1 Å². The number of ether oxygens (including phenoxy) is 2. The van der Waals surface area contributed by atoms with Crippen molar-refractivity contribution in [2.75, 3.05) is 20.3 Å². The topological polar surface area (TPSA) is 64.6 Å². The predicted octanol–water partition coefficient (Wildman–Crippen LogP) is 3.05. The van der Waals surface area contributed by atoms with Gasteiger partial charge in [0.2, 0.25) is 5.91 Å². The van der Waals surface area contributed by atoms with Crippen LogP contribution in [0.25, 0.3) is 0 Å². The van der Waals surface area contributed by atoms with Gasteiger partial charge in [-0.3, -0.25) is 9.59 Å². The maximum atomic E-state index is 13.4. The lowest BCUT2D eigenvalue weighted by Gasteiger charge is -2.35. The molecule has 1 saturated carbocycles. The molecule has 5 heteroatoms. The molecule has 2 fully saturated rings. The molecule has 1 aliphatic carbocycles. The van der Waals surface area contributed by atoms with E-state index in [4.69, 9.17) is 9.47 Å². The third-order valence-corrected chi connectivity index (χ3v) is 6.49. The van der Waals surface area contributed by atoms with Crippen LogP contribution in [0.1, 0.15) is 59.4 Å². The summed E-state index contributed by atoms with van der Waals surface area (Å²) >= 11 is 0. The fourth-order valence-electron chi connectivity index (χ4n) is 4.70. The first-order valence-corrected chi connectivity index (χ1v) is 9.85. The lowest BCUT2D eigenvalue weighted by atomic mass is 9.74. The molecule has 1 aromatic rings. The fraction of sp³-hybridized carbons (Fsp3) is 0.636. The number of methoxy groups -OCH3 is 1. The minimum atomic E-state index is -0.722. The van der Waals surface area contributed by atoms with E-state index >= 15 is 0 Å². The number of ketones is 1. The van der Waals surface area contributed by atoms with Crippen LogP contribution in [0, 0.1) is 27.7 Å². The van der Waals surface area contributed by atoms with E-state index in [9.17, 15) is 9.59 Å². The third-order valence-electron chi connectivity index (χ3n) is 6.49. The first kappa shape index (κ1) is 20.0. The van der Waals surface area contributed by atoms with Gasteiger partial charge in [-0.15, -0.1) is 0 Å². The summed E-state index contributed by atoms with van der Waals surface area (Å²) in [7, 11) is 1.66. The molecule has 148 valence electrons. The minimum absolute atomic E-state index is 0.0392. The normalized spacial score (nSPS) is 28.0. The number of amides is 1. The highest BCUT2D eigenvalue weighted by molar-refractivity contribution is 6.17. The van der Waals surface area contributed by atoms with Crippen LogP contribution in [0.3, 0.4) is 0 Å². The highest BCUT2D eigenvalue weighted by atomic mass is 16.5. The van der Waals surface area contributed by atoms with Crippen molar-refractivity contribution in [3.63, 3.8) is 0 Å². The first-order valence-electron chi connectivity index (χ1n) is 9.85. The molecule has 0 radical (unpaired) electrons. The third kappa shape index (κ3) is 3.55. The zero-order chi connectivity index (χ0) is 19.8. The van der Waals surface area contributed by atoms with Crippen molar-refractivity contribution in [1.29, 1.82) is 0 Å². The second kappa shape index (κ2) is 7.72. The van der Waals surface area contributed by atoms with Gasteiger partial charge < -0.3 is 14.8 Å². The van der Waals surface area contributed by atoms with Crippen LogP contribution in [-0.4, -0.2) is 43.7 Å². The first-order chi connectivity index (χ1) is 12.8. The van der Waals surface area contributed by atoms with Gasteiger partial charge in [-0.05, 0) is 81.2 Å². The number of carbonyl (C=O) groups excluding carboxylic acids is 2. The summed E-state index contributed by atoms with van der Waals surface area (Å²) in [6.07, 6.45) is 3.00. The number of hydrogen-bond donors (Lipinski definition) is 1. The summed E-state index contributed by atoms with van der Waals surface area (Å²) in [6.45, 7) is 9.30. The van der Waals surface area contributed by atoms with E-state index in [1.165, 1.54) is 5.56 Å². The van der Waals surface area contributed by atoms with Crippen molar-refractivity contribution >= 4 is 11.7 Å². The SMILES string of the molecule is COCCOC1CCC2(CC1)NC(=O)C(c1c(C)cc(C)c(C)c1C)C2=O. The summed E-state index contributed by atoms with van der Waals surface area (Å²) in [5, 5.41) is 3.08. The summed E-state index contributed by atoms with van der Waals surface area (Å²) in [5.74, 6) is -0.791. The highest BCUT2D eigenvalue weighted by Gasteiger charge is 2.54. The number of carbonyl (C=O) groups is 2. The smallest absolute Gasteiger partial charge is 0.235 e. The fourth-order valence-corrected chi connectivity index (χ4v) is 4.70. The molecule has 1 unspecified atom stereocenters. The van der Waals surface area contributed by atoms with Crippen molar-refractivity contribution < 1.29 is 19.1 Å². The Kier molecular flexibility index (Phi) is 5.73. The van der Waals surface area contributed by atoms with Gasteiger partial charge in [-0.1, -0.05) is 6.07 Å². The van der Waals surface area contributed by atoms with E-state index < -0.39 is 11.5 Å². The number of nitrogens with one attached hydrogen (secondary N) is 1. The summed E-state index contributed by atoms with van der Waals surface area (Å²) in [4.78, 5) is 26.3. The minimum Gasteiger partial charge on any atom is -0.382 e. The molecule has 0 bridgehead atoms. The van der Waals surface area contributed by atoms with Gasteiger partial charge in [0.1, 0.15) is 5.92 Å². The molecule has 1 aliphatic heterocycles. The summed E-state index contributed by atoms with van der Waals surface area (Å²) < 4.78 is 10.8. The van der Waals surface area contributed by atoms with E-state index in [1.807, 2.05) is 13.8 Å². The predicted molar refractivity (Wildman–Crippen MR) is 104 cm³/mol. The Morgan fingerprint density at radius 1 is 1.04 bits per heavy atom. The van der Waals surface area contributed by atoms with Gasteiger partial charge >= 0.3 is 0 Å². The Morgan fingerprint density at radius 2 is 1.70 bits per heavy atom. The van der Waals surface area contributed by atoms with Crippen LogP contribution in [0.4, 0.5) is 0 Å². The molecule has 1 N–H and O–H groups in total. The quantitative estimate of drug-likeness (QED) is 0.636. The van der Waals surface area contributed by atoms with E-state index in [-0.39, 0.29) is 17.8 Å². The van der Waals surface area contributed by atoms with Crippen molar-refractivity contribution in [1.82, 2.24) is 5.32 Å². The molecular formula is C22H31NO4. The Bertz CT molecular complexity index is 747. The number of benzene rings is 1. The Morgan fingerprint density at radius 3 is 2.33 bits per heavy atom. The van der Waals surface area contributed by atoms with Crippen LogP contribution in [0.15, 0.2) is 6.07 Å². The molecule has 0 aromatic heterocycles. The molecule has 2 aliphatic rings. The molecule has 1 heterocycles. The average molecular weight is 373 g/mol. The summed E-state index contributed by atoms with van der Waals surface area (Å²) in [5.41, 5.74) is 4.62. The second-order valence-electron chi connectivity index (χ2n) is 8.11. The Balaban J connectivity index is 1.80. The van der Waals surface area contributed by atoms with Gasteiger partial charge in [0, 0.05) is 7.11 Å². The zero-order valence-electron chi connectivity index (χ0n) is 17.1. The van der Waals surface area contributed by atoms with Crippen LogP contribution >= 0.6 is 0 Å². The van der Waals surface area contributed by atoms with Crippen LogP contribution < -0.4 is 5.32 Å². The van der Waals surface area contributed by atoms with Crippen LogP contribution in [-0.2, 0) is 19.1 Å². The van der Waals surface area contributed by atoms with Crippen molar-refractivity contribution in [3.05, 3.63) is 33.9 Å². The number of rotatable bonds is 5. The number of aryl methyl sites for hydroxylation is 2. The lowest BCUT2D eigenvalue weighted by molar-refractivity contribution is -0.126. The van der Waals surface area contributed by atoms with Crippen molar-refractivity contribution in [2.24, 2.45) is 0 Å². The molecule has 27 heavy (non-hydrogen) atoms. The number of Topliss-reactive ketones (excluding diaryl/α,β-unsaturated/α-hetero) is 1. The molecular weight excluding hydrogens is 342 g/mol. The molecule has 3 rings (SSSR count). The molecule has 5 nitrogen and oxygen atoms in total. The molecule has 1 spiro atoms. The maximum absolute atomic E-state index is 13.4. The van der Waals surface area contributed by atoms with Crippen LogP contribution in [0.5, 0.6) is 0 Å². The van der Waals surface area contributed by atoms with Crippen LogP contribution in [0.2, 0.25) is 0 Å². The zero-order valence-corrected chi connectivity index (χ0v) is 17.1.